The fourth-order valence-electron chi connectivity index (χ4n) is 3.84. The average molecular weight is 458 g/mol. The zero-order chi connectivity index (χ0) is 22.3. The van der Waals surface area contributed by atoms with Gasteiger partial charge in [-0.3, -0.25) is 9.69 Å². The van der Waals surface area contributed by atoms with Gasteiger partial charge in [-0.15, -0.1) is 11.3 Å². The van der Waals surface area contributed by atoms with Gasteiger partial charge in [0.2, 0.25) is 0 Å². The van der Waals surface area contributed by atoms with Gasteiger partial charge in [-0.2, -0.15) is 5.26 Å². The van der Waals surface area contributed by atoms with Crippen molar-refractivity contribution in [2.75, 3.05) is 51.3 Å². The van der Waals surface area contributed by atoms with Gasteiger partial charge in [0.25, 0.3) is 5.91 Å². The molecular formula is C21H27N7O3S. The summed E-state index contributed by atoms with van der Waals surface area (Å²) in [6.07, 6.45) is 1.90. The Hall–Kier alpha value is -2.65. The summed E-state index contributed by atoms with van der Waals surface area (Å²) in [5.41, 5.74) is 1.21. The van der Waals surface area contributed by atoms with E-state index in [0.717, 1.165) is 37.4 Å². The molecule has 2 aliphatic heterocycles. The Bertz CT molecular complexity index is 971. The second-order valence-corrected chi connectivity index (χ2v) is 8.78. The number of rotatable bonds is 7. The number of aryl methyl sites for hydroxylation is 1. The van der Waals surface area contributed by atoms with Crippen LogP contribution in [0.2, 0.25) is 0 Å². The van der Waals surface area contributed by atoms with Gasteiger partial charge < -0.3 is 20.1 Å². The number of hydrogen-bond acceptors (Lipinski definition) is 10. The molecule has 0 aromatic carbocycles. The van der Waals surface area contributed by atoms with Gasteiger partial charge in [0.05, 0.1) is 38.5 Å². The quantitative estimate of drug-likeness (QED) is 0.599. The molecule has 1 amide bonds. The number of carbonyl (C=O) groups is 1. The summed E-state index contributed by atoms with van der Waals surface area (Å²) in [5, 5.41) is 17.3. The first-order valence-corrected chi connectivity index (χ1v) is 11.6. The van der Waals surface area contributed by atoms with Crippen molar-refractivity contribution in [3.63, 3.8) is 0 Å². The summed E-state index contributed by atoms with van der Waals surface area (Å²) >= 11 is 1.34. The summed E-state index contributed by atoms with van der Waals surface area (Å²) in [7, 11) is 0. The number of thiazole rings is 1. The van der Waals surface area contributed by atoms with Crippen molar-refractivity contribution < 1.29 is 14.3 Å². The first kappa shape index (κ1) is 22.5. The zero-order valence-electron chi connectivity index (χ0n) is 18.0. The summed E-state index contributed by atoms with van der Waals surface area (Å²) in [4.78, 5) is 28.3. The number of anilines is 2. The van der Waals surface area contributed by atoms with E-state index in [0.29, 0.717) is 49.6 Å². The molecule has 4 heterocycles. The van der Waals surface area contributed by atoms with Gasteiger partial charge in [0, 0.05) is 36.1 Å². The minimum atomic E-state index is -0.247. The second-order valence-electron chi connectivity index (χ2n) is 7.93. The van der Waals surface area contributed by atoms with E-state index in [1.54, 1.807) is 5.38 Å². The first-order valence-electron chi connectivity index (χ1n) is 10.8. The van der Waals surface area contributed by atoms with Gasteiger partial charge >= 0.3 is 0 Å². The van der Waals surface area contributed by atoms with Crippen LogP contribution in [0.4, 0.5) is 10.9 Å². The van der Waals surface area contributed by atoms with Crippen molar-refractivity contribution in [1.82, 2.24) is 25.2 Å². The van der Waals surface area contributed by atoms with Crippen LogP contribution in [-0.4, -0.2) is 77.9 Å². The zero-order valence-corrected chi connectivity index (χ0v) is 18.9. The Labute approximate surface area is 191 Å². The van der Waals surface area contributed by atoms with Crippen LogP contribution in [-0.2, 0) is 9.47 Å². The molecule has 2 N–H and O–H groups in total. The SMILES string of the molecule is Cc1cc(Nc2nc(C(=O)NCC3COCCO3)cs2)nc(C2CCCN(CC#N)C2)n1. The summed E-state index contributed by atoms with van der Waals surface area (Å²) < 4.78 is 10.9. The number of hydrogen-bond donors (Lipinski definition) is 2. The molecule has 2 atom stereocenters. The van der Waals surface area contributed by atoms with E-state index in [2.05, 4.69) is 31.6 Å². The van der Waals surface area contributed by atoms with Crippen LogP contribution in [0.25, 0.3) is 0 Å². The molecule has 2 aliphatic rings. The van der Waals surface area contributed by atoms with Gasteiger partial charge in [0.15, 0.2) is 5.13 Å². The fourth-order valence-corrected chi connectivity index (χ4v) is 4.54. The molecule has 0 bridgehead atoms. The Morgan fingerprint density at radius 1 is 1.38 bits per heavy atom. The summed E-state index contributed by atoms with van der Waals surface area (Å²) in [6, 6.07) is 4.09. The molecule has 10 nitrogen and oxygen atoms in total. The van der Waals surface area contributed by atoms with Crippen molar-refractivity contribution in [1.29, 1.82) is 5.26 Å². The molecule has 2 saturated heterocycles. The number of carbonyl (C=O) groups excluding carboxylic acids is 1. The van der Waals surface area contributed by atoms with Crippen LogP contribution in [0.15, 0.2) is 11.4 Å². The van der Waals surface area contributed by atoms with Crippen molar-refractivity contribution in [3.05, 3.63) is 28.7 Å². The van der Waals surface area contributed by atoms with Gasteiger partial charge in [-0.1, -0.05) is 0 Å². The van der Waals surface area contributed by atoms with E-state index >= 15 is 0 Å². The molecule has 11 heteroatoms. The lowest BCUT2D eigenvalue weighted by atomic mass is 9.97. The predicted molar refractivity (Wildman–Crippen MR) is 119 cm³/mol. The lowest BCUT2D eigenvalue weighted by molar-refractivity contribution is -0.0855. The maximum atomic E-state index is 12.4. The number of amides is 1. The number of aromatic nitrogens is 3. The molecule has 2 fully saturated rings. The number of nitriles is 1. The van der Waals surface area contributed by atoms with Gasteiger partial charge in [0.1, 0.15) is 17.3 Å². The smallest absolute Gasteiger partial charge is 0.270 e. The molecule has 32 heavy (non-hydrogen) atoms. The number of nitrogens with one attached hydrogen (secondary N) is 2. The topological polar surface area (TPSA) is 125 Å². The molecule has 2 aromatic rings. The number of piperidine rings is 1. The maximum Gasteiger partial charge on any atom is 0.270 e. The minimum Gasteiger partial charge on any atom is -0.376 e. The normalized spacial score (nSPS) is 21.6. The molecule has 0 aliphatic carbocycles. The highest BCUT2D eigenvalue weighted by Gasteiger charge is 2.24. The molecule has 4 rings (SSSR count). The van der Waals surface area contributed by atoms with Crippen LogP contribution < -0.4 is 10.6 Å². The van der Waals surface area contributed by atoms with Gasteiger partial charge in [-0.25, -0.2) is 15.0 Å². The number of ether oxygens (including phenoxy) is 2. The molecule has 2 unspecified atom stereocenters. The van der Waals surface area contributed by atoms with Crippen LogP contribution >= 0.6 is 11.3 Å². The molecule has 0 spiro atoms. The lowest BCUT2D eigenvalue weighted by Gasteiger charge is -2.30. The third kappa shape index (κ3) is 5.98. The Kier molecular flexibility index (Phi) is 7.59. The maximum absolute atomic E-state index is 12.4. The molecule has 0 radical (unpaired) electrons. The predicted octanol–water partition coefficient (Wildman–Crippen LogP) is 1.83. The summed E-state index contributed by atoms with van der Waals surface area (Å²) in [5.74, 6) is 1.38. The standard InChI is InChI=1S/C21H27N7O3S/c1-14-9-18(26-19(24-14)15-3-2-5-28(11-15)6-4-22)27-21-25-17(13-32-21)20(29)23-10-16-12-30-7-8-31-16/h9,13,15-16H,2-3,5-8,10-12H2,1H3,(H,23,29)(H,24,25,26,27). The third-order valence-electron chi connectivity index (χ3n) is 5.38. The Morgan fingerprint density at radius 3 is 3.09 bits per heavy atom. The van der Waals surface area contributed by atoms with E-state index in [-0.39, 0.29) is 17.9 Å². The largest absolute Gasteiger partial charge is 0.376 e. The van der Waals surface area contributed by atoms with Crippen LogP contribution in [0, 0.1) is 18.3 Å². The first-order chi connectivity index (χ1) is 15.6. The highest BCUT2D eigenvalue weighted by molar-refractivity contribution is 7.14. The molecule has 0 saturated carbocycles. The van der Waals surface area contributed by atoms with E-state index in [9.17, 15) is 4.79 Å². The van der Waals surface area contributed by atoms with Crippen molar-refractivity contribution in [3.8, 4) is 6.07 Å². The minimum absolute atomic E-state index is 0.129. The Morgan fingerprint density at radius 2 is 2.28 bits per heavy atom. The van der Waals surface area contributed by atoms with Crippen LogP contribution in [0.3, 0.4) is 0 Å². The monoisotopic (exact) mass is 457 g/mol. The highest BCUT2D eigenvalue weighted by atomic mass is 32.1. The van der Waals surface area contributed by atoms with E-state index in [1.807, 2.05) is 13.0 Å². The van der Waals surface area contributed by atoms with Crippen molar-refractivity contribution in [2.24, 2.45) is 0 Å². The highest BCUT2D eigenvalue weighted by Crippen LogP contribution is 2.27. The fraction of sp³-hybridized carbons (Fsp3) is 0.571. The van der Waals surface area contributed by atoms with E-state index in [4.69, 9.17) is 19.7 Å². The lowest BCUT2D eigenvalue weighted by Crippen LogP contribution is -2.39. The summed E-state index contributed by atoms with van der Waals surface area (Å²) in [6.45, 7) is 6.09. The number of likely N-dealkylation sites (tertiary alicyclic amines) is 1. The molecule has 170 valence electrons. The van der Waals surface area contributed by atoms with Crippen molar-refractivity contribution >= 4 is 28.2 Å². The second kappa shape index (κ2) is 10.8. The Balaban J connectivity index is 1.37. The molecular weight excluding hydrogens is 430 g/mol. The third-order valence-corrected chi connectivity index (χ3v) is 6.14. The van der Waals surface area contributed by atoms with Crippen molar-refractivity contribution in [2.45, 2.75) is 31.8 Å². The molecule has 2 aromatic heterocycles. The van der Waals surface area contributed by atoms with E-state index in [1.165, 1.54) is 11.3 Å². The van der Waals surface area contributed by atoms with Gasteiger partial charge in [-0.05, 0) is 26.3 Å². The van der Waals surface area contributed by atoms with E-state index < -0.39 is 0 Å². The number of nitrogens with zero attached hydrogens (tertiary/aromatic N) is 5. The average Bonchev–Trinajstić information content (AvgIpc) is 3.27. The van der Waals surface area contributed by atoms with Crippen LogP contribution in [0.5, 0.6) is 0 Å². The van der Waals surface area contributed by atoms with Crippen LogP contribution in [0.1, 0.15) is 40.8 Å².